The number of nitro groups is 1. The maximum atomic E-state index is 12.0. The summed E-state index contributed by atoms with van der Waals surface area (Å²) in [5.41, 5.74) is 1.54. The Morgan fingerprint density at radius 1 is 1.23 bits per heavy atom. The van der Waals surface area contributed by atoms with Crippen molar-refractivity contribution < 1.29 is 18.4 Å². The molecule has 0 atom stereocenters. The predicted octanol–water partition coefficient (Wildman–Crippen LogP) is 4.57. The average molecular weight is 373 g/mol. The van der Waals surface area contributed by atoms with E-state index < -0.39 is 11.5 Å². The molecule has 2 aromatic rings. The fourth-order valence-corrected chi connectivity index (χ4v) is 2.25. The third kappa shape index (κ3) is 4.39. The first-order valence-corrected chi connectivity index (χ1v) is 6.96. The molecule has 0 radical (unpaired) electrons. The minimum Gasteiger partial charge on any atom is -0.435 e. The van der Waals surface area contributed by atoms with E-state index in [1.807, 2.05) is 0 Å². The minimum atomic E-state index is -2.85. The van der Waals surface area contributed by atoms with Crippen LogP contribution in [0.2, 0.25) is 0 Å². The van der Waals surface area contributed by atoms with Crippen LogP contribution >= 0.6 is 15.9 Å². The van der Waals surface area contributed by atoms with Crippen LogP contribution in [0.1, 0.15) is 5.56 Å². The highest BCUT2D eigenvalue weighted by molar-refractivity contribution is 9.10. The number of hydrogen-bond acceptors (Lipinski definition) is 4. The van der Waals surface area contributed by atoms with E-state index >= 15 is 0 Å². The van der Waals surface area contributed by atoms with Crippen molar-refractivity contribution in [3.8, 4) is 5.75 Å². The molecular formula is C14H11BrF2N2O3. The Kier molecular flexibility index (Phi) is 5.26. The molecule has 5 nitrogen and oxygen atoms in total. The Morgan fingerprint density at radius 2 is 1.91 bits per heavy atom. The molecule has 0 aliphatic heterocycles. The second-order valence-corrected chi connectivity index (χ2v) is 5.15. The molecule has 2 aromatic carbocycles. The molecular weight excluding hydrogens is 362 g/mol. The van der Waals surface area contributed by atoms with E-state index in [1.54, 1.807) is 18.2 Å². The van der Waals surface area contributed by atoms with E-state index in [9.17, 15) is 18.9 Å². The van der Waals surface area contributed by atoms with Gasteiger partial charge in [0.05, 0.1) is 4.92 Å². The monoisotopic (exact) mass is 372 g/mol. The maximum Gasteiger partial charge on any atom is 0.387 e. The number of alkyl halides is 2. The van der Waals surface area contributed by atoms with Gasteiger partial charge in [-0.05, 0) is 39.7 Å². The smallest absolute Gasteiger partial charge is 0.387 e. The van der Waals surface area contributed by atoms with Crippen molar-refractivity contribution >= 4 is 27.3 Å². The zero-order valence-electron chi connectivity index (χ0n) is 11.1. The van der Waals surface area contributed by atoms with Crippen molar-refractivity contribution in [3.63, 3.8) is 0 Å². The lowest BCUT2D eigenvalue weighted by molar-refractivity contribution is -0.384. The Balaban J connectivity index is 1.99. The summed E-state index contributed by atoms with van der Waals surface area (Å²) in [5, 5.41) is 13.7. The molecule has 0 saturated heterocycles. The van der Waals surface area contributed by atoms with Crippen molar-refractivity contribution in [3.05, 3.63) is 62.6 Å². The molecule has 2 rings (SSSR count). The maximum absolute atomic E-state index is 12.0. The number of nitrogens with one attached hydrogen (secondary N) is 1. The number of halogens is 3. The largest absolute Gasteiger partial charge is 0.435 e. The predicted molar refractivity (Wildman–Crippen MR) is 81.2 cm³/mol. The van der Waals surface area contributed by atoms with Crippen LogP contribution in [0.3, 0.4) is 0 Å². The number of ether oxygens (including phenoxy) is 1. The van der Waals surface area contributed by atoms with Crippen LogP contribution in [-0.2, 0) is 6.54 Å². The van der Waals surface area contributed by atoms with Crippen molar-refractivity contribution in [2.24, 2.45) is 0 Å². The van der Waals surface area contributed by atoms with Crippen LogP contribution in [0.5, 0.6) is 5.75 Å². The zero-order chi connectivity index (χ0) is 16.1. The number of nitro benzene ring substituents is 1. The van der Waals surface area contributed by atoms with Gasteiger partial charge in [-0.3, -0.25) is 10.1 Å². The van der Waals surface area contributed by atoms with Crippen LogP contribution in [0.4, 0.5) is 20.2 Å². The summed E-state index contributed by atoms with van der Waals surface area (Å²) in [5.74, 6) is 0.0928. The molecule has 0 amide bonds. The van der Waals surface area contributed by atoms with Crippen molar-refractivity contribution in [1.29, 1.82) is 0 Å². The van der Waals surface area contributed by atoms with Gasteiger partial charge in [-0.1, -0.05) is 12.1 Å². The molecule has 1 N–H and O–H groups in total. The topological polar surface area (TPSA) is 64.4 Å². The van der Waals surface area contributed by atoms with Crippen LogP contribution in [-0.4, -0.2) is 11.5 Å². The Labute approximate surface area is 133 Å². The van der Waals surface area contributed by atoms with Gasteiger partial charge in [0, 0.05) is 28.8 Å². The van der Waals surface area contributed by atoms with Gasteiger partial charge in [0.15, 0.2) is 0 Å². The number of rotatable bonds is 6. The highest BCUT2D eigenvalue weighted by Crippen LogP contribution is 2.27. The number of benzene rings is 2. The molecule has 0 aliphatic carbocycles. The molecule has 0 fully saturated rings. The number of nitrogens with zero attached hydrogens (tertiary/aromatic N) is 1. The summed E-state index contributed by atoms with van der Waals surface area (Å²) < 4.78 is 28.9. The van der Waals surface area contributed by atoms with Gasteiger partial charge in [-0.2, -0.15) is 8.78 Å². The van der Waals surface area contributed by atoms with Gasteiger partial charge < -0.3 is 10.1 Å². The first-order valence-electron chi connectivity index (χ1n) is 6.17. The zero-order valence-corrected chi connectivity index (χ0v) is 12.7. The first kappa shape index (κ1) is 16.2. The van der Waals surface area contributed by atoms with E-state index in [-0.39, 0.29) is 11.4 Å². The van der Waals surface area contributed by atoms with Gasteiger partial charge in [0.25, 0.3) is 5.69 Å². The Morgan fingerprint density at radius 3 is 2.45 bits per heavy atom. The molecule has 22 heavy (non-hydrogen) atoms. The van der Waals surface area contributed by atoms with Crippen LogP contribution in [0.15, 0.2) is 46.9 Å². The van der Waals surface area contributed by atoms with E-state index in [1.165, 1.54) is 24.3 Å². The third-order valence-corrected chi connectivity index (χ3v) is 3.45. The van der Waals surface area contributed by atoms with Crippen LogP contribution in [0, 0.1) is 10.1 Å². The van der Waals surface area contributed by atoms with Crippen LogP contribution < -0.4 is 10.1 Å². The third-order valence-electron chi connectivity index (χ3n) is 2.79. The summed E-state index contributed by atoms with van der Waals surface area (Å²) in [4.78, 5) is 10.2. The lowest BCUT2D eigenvalue weighted by Gasteiger charge is -2.09. The van der Waals surface area contributed by atoms with Gasteiger partial charge >= 0.3 is 6.61 Å². The SMILES string of the molecule is O=[N+]([O-])c1ccc(NCc2ccc(OC(F)F)cc2)c(Br)c1. The number of hydrogen-bond donors (Lipinski definition) is 1. The fourth-order valence-electron chi connectivity index (χ4n) is 1.75. The second kappa shape index (κ2) is 7.17. The number of non-ortho nitro benzene ring substituents is 1. The van der Waals surface area contributed by atoms with E-state index in [0.29, 0.717) is 16.7 Å². The molecule has 116 valence electrons. The quantitative estimate of drug-likeness (QED) is 0.595. The summed E-state index contributed by atoms with van der Waals surface area (Å²) in [6, 6.07) is 10.6. The Bertz CT molecular complexity index is 666. The molecule has 0 spiro atoms. The summed E-state index contributed by atoms with van der Waals surface area (Å²) in [6.07, 6.45) is 0. The fraction of sp³-hybridized carbons (Fsp3) is 0.143. The van der Waals surface area contributed by atoms with Crippen molar-refractivity contribution in [1.82, 2.24) is 0 Å². The normalized spacial score (nSPS) is 10.5. The van der Waals surface area contributed by atoms with E-state index in [4.69, 9.17) is 0 Å². The van der Waals surface area contributed by atoms with Crippen molar-refractivity contribution in [2.75, 3.05) is 5.32 Å². The van der Waals surface area contributed by atoms with Gasteiger partial charge in [-0.15, -0.1) is 0 Å². The molecule has 8 heteroatoms. The minimum absolute atomic E-state index is 0.00840. The average Bonchev–Trinajstić information content (AvgIpc) is 2.46. The molecule has 0 unspecified atom stereocenters. The lowest BCUT2D eigenvalue weighted by Crippen LogP contribution is -2.03. The van der Waals surface area contributed by atoms with Crippen molar-refractivity contribution in [2.45, 2.75) is 13.2 Å². The summed E-state index contributed by atoms with van der Waals surface area (Å²) in [7, 11) is 0. The standard InChI is InChI=1S/C14H11BrF2N2O3/c15-12-7-10(19(20)21)3-6-13(12)18-8-9-1-4-11(5-2-9)22-14(16)17/h1-7,14,18H,8H2. The molecule has 0 aromatic heterocycles. The van der Waals surface area contributed by atoms with Crippen LogP contribution in [0.25, 0.3) is 0 Å². The first-order chi connectivity index (χ1) is 10.5. The highest BCUT2D eigenvalue weighted by atomic mass is 79.9. The molecule has 0 bridgehead atoms. The molecule has 0 heterocycles. The molecule has 0 saturated carbocycles. The van der Waals surface area contributed by atoms with E-state index in [2.05, 4.69) is 26.0 Å². The second-order valence-electron chi connectivity index (χ2n) is 4.30. The molecule has 0 aliphatic rings. The van der Waals surface area contributed by atoms with Gasteiger partial charge in [-0.25, -0.2) is 0 Å². The summed E-state index contributed by atoms with van der Waals surface area (Å²) >= 11 is 3.26. The Hall–Kier alpha value is -2.22. The lowest BCUT2D eigenvalue weighted by atomic mass is 10.2. The highest BCUT2D eigenvalue weighted by Gasteiger charge is 2.09. The summed E-state index contributed by atoms with van der Waals surface area (Å²) in [6.45, 7) is -2.41. The van der Waals surface area contributed by atoms with E-state index in [0.717, 1.165) is 5.56 Å². The number of anilines is 1. The van der Waals surface area contributed by atoms with Gasteiger partial charge in [0.1, 0.15) is 5.75 Å². The van der Waals surface area contributed by atoms with Gasteiger partial charge in [0.2, 0.25) is 0 Å².